The third kappa shape index (κ3) is 4.67. The number of hydrogen-bond donors (Lipinski definition) is 1. The van der Waals surface area contributed by atoms with Crippen molar-refractivity contribution in [1.82, 2.24) is 0 Å². The van der Waals surface area contributed by atoms with Gasteiger partial charge in [-0.1, -0.05) is 24.4 Å². The van der Waals surface area contributed by atoms with E-state index in [2.05, 4.69) is 19.1 Å². The molecule has 5 heteroatoms. The van der Waals surface area contributed by atoms with Crippen LogP contribution in [-0.2, 0) is 5.75 Å². The average molecular weight is 356 g/mol. The molecular weight excluding hydrogens is 339 g/mol. The summed E-state index contributed by atoms with van der Waals surface area (Å²) in [6.07, 6.45) is 1.73. The van der Waals surface area contributed by atoms with Crippen molar-refractivity contribution in [3.05, 3.63) is 70.0 Å². The van der Waals surface area contributed by atoms with E-state index < -0.39 is 0 Å². The Morgan fingerprint density at radius 3 is 2.50 bits per heavy atom. The van der Waals surface area contributed by atoms with Gasteiger partial charge in [0.2, 0.25) is 0 Å². The molecule has 0 amide bonds. The Balaban J connectivity index is 2.27. The van der Waals surface area contributed by atoms with Crippen LogP contribution in [0.4, 0.5) is 4.39 Å². The first kappa shape index (κ1) is 18.2. The van der Waals surface area contributed by atoms with Gasteiger partial charge in [0, 0.05) is 10.6 Å². The number of nitrogens with zero attached hydrogens (tertiary/aromatic N) is 1. The predicted molar refractivity (Wildman–Crippen MR) is 102 cm³/mol. The smallest absolute Gasteiger partial charge is 0.123 e. The van der Waals surface area contributed by atoms with Crippen LogP contribution in [-0.4, -0.2) is 4.99 Å². The van der Waals surface area contributed by atoms with Gasteiger partial charge >= 0.3 is 0 Å². The van der Waals surface area contributed by atoms with E-state index in [9.17, 15) is 4.39 Å². The number of hydrogen-bond acceptors (Lipinski definition) is 3. The van der Waals surface area contributed by atoms with Crippen molar-refractivity contribution in [3.63, 3.8) is 0 Å². The Hall–Kier alpha value is -2.16. The lowest BCUT2D eigenvalue weighted by Gasteiger charge is -2.11. The van der Waals surface area contributed by atoms with E-state index in [-0.39, 0.29) is 10.8 Å². The molecule has 0 fully saturated rings. The standard InChI is InChI=1S/C19H17FN2S2/c1-12-7-13(2)16(9-14(12)8-15(10-21)19(22)23)11-24-18-5-3-17(20)4-6-18/h3-9H,11H2,1-2H3,(H2,22,23). The number of thioether (sulfide) groups is 1. The maximum Gasteiger partial charge on any atom is 0.123 e. The van der Waals surface area contributed by atoms with Gasteiger partial charge in [-0.2, -0.15) is 5.26 Å². The zero-order chi connectivity index (χ0) is 17.7. The third-order valence-electron chi connectivity index (χ3n) is 3.62. The van der Waals surface area contributed by atoms with Crippen LogP contribution in [0.15, 0.2) is 46.9 Å². The van der Waals surface area contributed by atoms with E-state index in [1.165, 1.54) is 17.7 Å². The molecule has 2 N–H and O–H groups in total. The summed E-state index contributed by atoms with van der Waals surface area (Å²) in [6.45, 7) is 4.05. The number of thiocarbonyl (C=S) groups is 1. The molecule has 2 aromatic carbocycles. The van der Waals surface area contributed by atoms with Gasteiger partial charge < -0.3 is 5.73 Å². The Kier molecular flexibility index (Phi) is 6.13. The van der Waals surface area contributed by atoms with Crippen LogP contribution in [0.3, 0.4) is 0 Å². The van der Waals surface area contributed by atoms with E-state index >= 15 is 0 Å². The van der Waals surface area contributed by atoms with Gasteiger partial charge in [0.1, 0.15) is 16.9 Å². The maximum absolute atomic E-state index is 13.0. The molecular formula is C19H17FN2S2. The van der Waals surface area contributed by atoms with E-state index in [0.29, 0.717) is 5.57 Å². The summed E-state index contributed by atoms with van der Waals surface area (Å²) in [6, 6.07) is 12.6. The van der Waals surface area contributed by atoms with E-state index in [1.54, 1.807) is 30.0 Å². The van der Waals surface area contributed by atoms with Crippen molar-refractivity contribution in [3.8, 4) is 6.07 Å². The minimum absolute atomic E-state index is 0.0970. The van der Waals surface area contributed by atoms with Crippen LogP contribution in [0.2, 0.25) is 0 Å². The van der Waals surface area contributed by atoms with Gasteiger partial charge in [0.05, 0.1) is 5.57 Å². The van der Waals surface area contributed by atoms with Gasteiger partial charge in [-0.3, -0.25) is 0 Å². The highest BCUT2D eigenvalue weighted by molar-refractivity contribution is 7.98. The second-order valence-corrected chi connectivity index (χ2v) is 6.90. The van der Waals surface area contributed by atoms with Gasteiger partial charge in [-0.15, -0.1) is 11.8 Å². The summed E-state index contributed by atoms with van der Waals surface area (Å²) in [5.74, 6) is 0.521. The van der Waals surface area contributed by atoms with E-state index in [0.717, 1.165) is 27.3 Å². The highest BCUT2D eigenvalue weighted by Gasteiger charge is 2.07. The van der Waals surface area contributed by atoms with Gasteiger partial charge in [-0.05, 0) is 66.4 Å². The Morgan fingerprint density at radius 2 is 1.92 bits per heavy atom. The van der Waals surface area contributed by atoms with Gasteiger partial charge in [0.15, 0.2) is 0 Å². The van der Waals surface area contributed by atoms with Crippen molar-refractivity contribution in [1.29, 1.82) is 5.26 Å². The minimum atomic E-state index is -0.236. The molecule has 0 atom stereocenters. The van der Waals surface area contributed by atoms with E-state index in [1.807, 2.05) is 13.0 Å². The summed E-state index contributed by atoms with van der Waals surface area (Å²) in [7, 11) is 0. The SMILES string of the molecule is Cc1cc(C)c(CSc2ccc(F)cc2)cc1C=C(C#N)C(N)=S. The quantitative estimate of drug-likeness (QED) is 0.357. The van der Waals surface area contributed by atoms with Crippen LogP contribution < -0.4 is 5.73 Å². The van der Waals surface area contributed by atoms with Crippen molar-refractivity contribution in [2.75, 3.05) is 0 Å². The van der Waals surface area contributed by atoms with Crippen molar-refractivity contribution in [2.24, 2.45) is 5.73 Å². The molecule has 0 aliphatic heterocycles. The van der Waals surface area contributed by atoms with Crippen molar-refractivity contribution < 1.29 is 4.39 Å². The number of nitrogens with two attached hydrogens (primary N) is 1. The molecule has 2 aromatic rings. The predicted octanol–water partition coefficient (Wildman–Crippen LogP) is 4.93. The molecule has 24 heavy (non-hydrogen) atoms. The fraction of sp³-hybridized carbons (Fsp3) is 0.158. The first-order valence-electron chi connectivity index (χ1n) is 7.31. The first-order valence-corrected chi connectivity index (χ1v) is 8.70. The van der Waals surface area contributed by atoms with Crippen LogP contribution in [0, 0.1) is 31.0 Å². The van der Waals surface area contributed by atoms with Gasteiger partial charge in [0.25, 0.3) is 0 Å². The topological polar surface area (TPSA) is 49.8 Å². The summed E-state index contributed by atoms with van der Waals surface area (Å²) in [5.41, 5.74) is 10.2. The zero-order valence-corrected chi connectivity index (χ0v) is 15.1. The second kappa shape index (κ2) is 8.09. The average Bonchev–Trinajstić information content (AvgIpc) is 2.54. The summed E-state index contributed by atoms with van der Waals surface area (Å²) in [4.78, 5) is 1.11. The third-order valence-corrected chi connectivity index (χ3v) is 4.90. The van der Waals surface area contributed by atoms with Crippen molar-refractivity contribution in [2.45, 2.75) is 24.5 Å². The molecule has 0 aromatic heterocycles. The largest absolute Gasteiger partial charge is 0.389 e. The lowest BCUT2D eigenvalue weighted by molar-refractivity contribution is 0.626. The molecule has 0 saturated carbocycles. The summed E-state index contributed by atoms with van der Waals surface area (Å²) in [5, 5.41) is 9.13. The number of nitriles is 1. The minimum Gasteiger partial charge on any atom is -0.389 e. The molecule has 2 nitrogen and oxygen atoms in total. The fourth-order valence-electron chi connectivity index (χ4n) is 2.23. The molecule has 2 rings (SSSR count). The van der Waals surface area contributed by atoms with Crippen LogP contribution >= 0.6 is 24.0 Å². The molecule has 0 aliphatic rings. The van der Waals surface area contributed by atoms with Crippen LogP contribution in [0.5, 0.6) is 0 Å². The number of halogens is 1. The molecule has 0 spiro atoms. The Morgan fingerprint density at radius 1 is 1.25 bits per heavy atom. The molecule has 0 heterocycles. The summed E-state index contributed by atoms with van der Waals surface area (Å²) >= 11 is 6.53. The molecule has 0 saturated heterocycles. The monoisotopic (exact) mass is 356 g/mol. The number of benzene rings is 2. The number of rotatable bonds is 5. The highest BCUT2D eigenvalue weighted by atomic mass is 32.2. The normalized spacial score (nSPS) is 11.2. The fourth-order valence-corrected chi connectivity index (χ4v) is 3.30. The molecule has 122 valence electrons. The summed E-state index contributed by atoms with van der Waals surface area (Å²) < 4.78 is 13.0. The van der Waals surface area contributed by atoms with Crippen LogP contribution in [0.1, 0.15) is 22.3 Å². The molecule has 0 radical (unpaired) electrons. The lowest BCUT2D eigenvalue weighted by Crippen LogP contribution is -2.09. The van der Waals surface area contributed by atoms with E-state index in [4.69, 9.17) is 23.2 Å². The molecule has 0 aliphatic carbocycles. The number of aryl methyl sites for hydroxylation is 2. The Labute approximate surface area is 151 Å². The van der Waals surface area contributed by atoms with Crippen LogP contribution in [0.25, 0.3) is 6.08 Å². The highest BCUT2D eigenvalue weighted by Crippen LogP contribution is 2.27. The molecule has 0 bridgehead atoms. The molecule has 0 unspecified atom stereocenters. The second-order valence-electron chi connectivity index (χ2n) is 5.41. The zero-order valence-electron chi connectivity index (χ0n) is 13.5. The Bertz CT molecular complexity index is 834. The van der Waals surface area contributed by atoms with Gasteiger partial charge in [-0.25, -0.2) is 4.39 Å². The lowest BCUT2D eigenvalue weighted by atomic mass is 9.99. The van der Waals surface area contributed by atoms with Crippen molar-refractivity contribution >= 4 is 35.0 Å². The first-order chi connectivity index (χ1) is 11.4. The maximum atomic E-state index is 13.0.